The predicted molar refractivity (Wildman–Crippen MR) is 81.9 cm³/mol. The van der Waals surface area contributed by atoms with E-state index in [2.05, 4.69) is 24.4 Å². The predicted octanol–water partition coefficient (Wildman–Crippen LogP) is 5.30. The lowest BCUT2D eigenvalue weighted by atomic mass is 9.77. The van der Waals surface area contributed by atoms with Gasteiger partial charge in [0.05, 0.1) is 0 Å². The maximum Gasteiger partial charge on any atom is 0.167 e. The van der Waals surface area contributed by atoms with Gasteiger partial charge < -0.3 is 0 Å². The molecule has 2 aromatic rings. The average Bonchev–Trinajstić information content (AvgIpc) is 2.95. The first-order valence-electron chi connectivity index (χ1n) is 7.30. The van der Waals surface area contributed by atoms with Crippen molar-refractivity contribution in [3.05, 3.63) is 35.2 Å². The van der Waals surface area contributed by atoms with E-state index in [0.29, 0.717) is 5.78 Å². The fraction of sp³-hybridized carbons (Fsp3) is 0.471. The standard InChI is InChI=1S/C17H20OS/c1-2-12-5-3-7-14(11-12)16(18)15-8-4-6-13-9-10-19-17(13)15/h4,6,8-10,12,14H,2-3,5,7,11H2,1H3. The van der Waals surface area contributed by atoms with E-state index in [0.717, 1.165) is 24.3 Å². The fourth-order valence-electron chi connectivity index (χ4n) is 3.31. The number of hydrogen-bond donors (Lipinski definition) is 0. The minimum Gasteiger partial charge on any atom is -0.294 e. The SMILES string of the molecule is CCC1CCCC(C(=O)c2cccc3ccsc23)C1. The van der Waals surface area contributed by atoms with Gasteiger partial charge >= 0.3 is 0 Å². The first-order chi connectivity index (χ1) is 9.29. The van der Waals surface area contributed by atoms with E-state index >= 15 is 0 Å². The third-order valence-corrected chi connectivity index (χ3v) is 5.44. The van der Waals surface area contributed by atoms with Crippen molar-refractivity contribution >= 4 is 27.2 Å². The Morgan fingerprint density at radius 3 is 3.05 bits per heavy atom. The molecule has 0 spiro atoms. The van der Waals surface area contributed by atoms with Gasteiger partial charge in [0.25, 0.3) is 0 Å². The maximum absolute atomic E-state index is 12.8. The lowest BCUT2D eigenvalue weighted by molar-refractivity contribution is 0.0864. The van der Waals surface area contributed by atoms with Gasteiger partial charge in [0.15, 0.2) is 5.78 Å². The molecule has 1 heterocycles. The second kappa shape index (κ2) is 5.46. The van der Waals surface area contributed by atoms with Gasteiger partial charge in [-0.25, -0.2) is 0 Å². The topological polar surface area (TPSA) is 17.1 Å². The molecule has 1 saturated carbocycles. The van der Waals surface area contributed by atoms with Gasteiger partial charge in [0, 0.05) is 16.2 Å². The molecule has 1 aliphatic rings. The van der Waals surface area contributed by atoms with Gasteiger partial charge in [-0.1, -0.05) is 38.3 Å². The van der Waals surface area contributed by atoms with Crippen molar-refractivity contribution < 1.29 is 4.79 Å². The second-order valence-electron chi connectivity index (χ2n) is 5.65. The maximum atomic E-state index is 12.8. The fourth-order valence-corrected chi connectivity index (χ4v) is 4.23. The van der Waals surface area contributed by atoms with Crippen LogP contribution >= 0.6 is 11.3 Å². The molecular weight excluding hydrogens is 252 g/mol. The zero-order valence-corrected chi connectivity index (χ0v) is 12.2. The average molecular weight is 272 g/mol. The Hall–Kier alpha value is -1.15. The van der Waals surface area contributed by atoms with Gasteiger partial charge in [-0.05, 0) is 41.7 Å². The molecule has 0 saturated heterocycles. The van der Waals surface area contributed by atoms with E-state index in [1.807, 2.05) is 12.1 Å². The Morgan fingerprint density at radius 1 is 1.32 bits per heavy atom. The third kappa shape index (κ3) is 2.46. The van der Waals surface area contributed by atoms with Crippen LogP contribution in [0, 0.1) is 11.8 Å². The molecule has 1 aliphatic carbocycles. The first-order valence-corrected chi connectivity index (χ1v) is 8.18. The van der Waals surface area contributed by atoms with Crippen molar-refractivity contribution in [2.75, 3.05) is 0 Å². The summed E-state index contributed by atoms with van der Waals surface area (Å²) in [7, 11) is 0. The van der Waals surface area contributed by atoms with Gasteiger partial charge in [0.2, 0.25) is 0 Å². The van der Waals surface area contributed by atoms with E-state index in [4.69, 9.17) is 0 Å². The van der Waals surface area contributed by atoms with Crippen LogP contribution in [0.15, 0.2) is 29.6 Å². The molecule has 0 amide bonds. The minimum atomic E-state index is 0.256. The number of ketones is 1. The summed E-state index contributed by atoms with van der Waals surface area (Å²) < 4.78 is 1.17. The number of benzene rings is 1. The first kappa shape index (κ1) is 12.9. The summed E-state index contributed by atoms with van der Waals surface area (Å²) in [6, 6.07) is 8.23. The monoisotopic (exact) mass is 272 g/mol. The van der Waals surface area contributed by atoms with Crippen LogP contribution in [-0.2, 0) is 0 Å². The Morgan fingerprint density at radius 2 is 2.21 bits per heavy atom. The lowest BCUT2D eigenvalue weighted by Crippen LogP contribution is -2.22. The molecule has 1 nitrogen and oxygen atoms in total. The van der Waals surface area contributed by atoms with Crippen molar-refractivity contribution in [3.63, 3.8) is 0 Å². The third-order valence-electron chi connectivity index (χ3n) is 4.48. The molecular formula is C17H20OS. The lowest BCUT2D eigenvalue weighted by Gasteiger charge is -2.27. The number of rotatable bonds is 3. The molecule has 1 aromatic heterocycles. The Bertz CT molecular complexity index is 584. The van der Waals surface area contributed by atoms with Gasteiger partial charge in [-0.2, -0.15) is 0 Å². The van der Waals surface area contributed by atoms with E-state index in [9.17, 15) is 4.79 Å². The molecule has 3 rings (SSSR count). The summed E-state index contributed by atoms with van der Waals surface area (Å²) in [5.74, 6) is 1.39. The molecule has 0 bridgehead atoms. The van der Waals surface area contributed by atoms with Crippen molar-refractivity contribution in [1.29, 1.82) is 0 Å². The second-order valence-corrected chi connectivity index (χ2v) is 6.56. The van der Waals surface area contributed by atoms with Crippen LogP contribution < -0.4 is 0 Å². The van der Waals surface area contributed by atoms with Crippen molar-refractivity contribution in [1.82, 2.24) is 0 Å². The minimum absolute atomic E-state index is 0.256. The van der Waals surface area contributed by atoms with Crippen LogP contribution in [-0.4, -0.2) is 5.78 Å². The molecule has 100 valence electrons. The molecule has 2 atom stereocenters. The van der Waals surface area contributed by atoms with Gasteiger partial charge in [-0.15, -0.1) is 11.3 Å². The largest absolute Gasteiger partial charge is 0.294 e. The summed E-state index contributed by atoms with van der Waals surface area (Å²) >= 11 is 1.69. The number of carbonyl (C=O) groups is 1. The molecule has 0 radical (unpaired) electrons. The smallest absolute Gasteiger partial charge is 0.167 e. The van der Waals surface area contributed by atoms with Crippen molar-refractivity contribution in [2.24, 2.45) is 11.8 Å². The van der Waals surface area contributed by atoms with E-state index in [1.165, 1.54) is 29.3 Å². The summed E-state index contributed by atoms with van der Waals surface area (Å²) in [5.41, 5.74) is 0.953. The zero-order valence-electron chi connectivity index (χ0n) is 11.4. The molecule has 2 unspecified atom stereocenters. The van der Waals surface area contributed by atoms with E-state index < -0.39 is 0 Å². The Kier molecular flexibility index (Phi) is 3.69. The van der Waals surface area contributed by atoms with Crippen LogP contribution in [0.1, 0.15) is 49.4 Å². The number of Topliss-reactive ketones (excluding diaryl/α,β-unsaturated/α-hetero) is 1. The van der Waals surface area contributed by atoms with Gasteiger partial charge in [0.1, 0.15) is 0 Å². The molecule has 1 aromatic carbocycles. The highest BCUT2D eigenvalue weighted by Gasteiger charge is 2.28. The quantitative estimate of drug-likeness (QED) is 0.693. The normalized spacial score (nSPS) is 23.6. The van der Waals surface area contributed by atoms with Crippen molar-refractivity contribution in [2.45, 2.75) is 39.0 Å². The van der Waals surface area contributed by atoms with Gasteiger partial charge in [-0.3, -0.25) is 4.79 Å². The molecule has 1 fully saturated rings. The zero-order chi connectivity index (χ0) is 13.2. The number of thiophene rings is 1. The van der Waals surface area contributed by atoms with E-state index in [1.54, 1.807) is 11.3 Å². The van der Waals surface area contributed by atoms with Crippen LogP contribution in [0.2, 0.25) is 0 Å². The number of carbonyl (C=O) groups excluding carboxylic acids is 1. The Balaban J connectivity index is 1.89. The highest BCUT2D eigenvalue weighted by Crippen LogP contribution is 2.35. The summed E-state index contributed by atoms with van der Waals surface area (Å²) in [6.07, 6.45) is 5.92. The molecule has 0 aliphatic heterocycles. The molecule has 19 heavy (non-hydrogen) atoms. The Labute approximate surface area is 118 Å². The number of hydrogen-bond acceptors (Lipinski definition) is 2. The van der Waals surface area contributed by atoms with Crippen LogP contribution in [0.3, 0.4) is 0 Å². The molecule has 0 N–H and O–H groups in total. The molecule has 2 heteroatoms. The van der Waals surface area contributed by atoms with Crippen molar-refractivity contribution in [3.8, 4) is 0 Å². The van der Waals surface area contributed by atoms with Crippen LogP contribution in [0.4, 0.5) is 0 Å². The summed E-state index contributed by atoms with van der Waals surface area (Å²) in [6.45, 7) is 2.25. The van der Waals surface area contributed by atoms with Crippen LogP contribution in [0.5, 0.6) is 0 Å². The van der Waals surface area contributed by atoms with E-state index in [-0.39, 0.29) is 5.92 Å². The highest BCUT2D eigenvalue weighted by molar-refractivity contribution is 7.17. The highest BCUT2D eigenvalue weighted by atomic mass is 32.1. The number of fused-ring (bicyclic) bond motifs is 1. The summed E-state index contributed by atoms with van der Waals surface area (Å²) in [5, 5.41) is 3.29. The van der Waals surface area contributed by atoms with Crippen LogP contribution in [0.25, 0.3) is 10.1 Å². The summed E-state index contributed by atoms with van der Waals surface area (Å²) in [4.78, 5) is 12.8.